The first-order valence-corrected chi connectivity index (χ1v) is 31.0. The van der Waals surface area contributed by atoms with E-state index in [1.807, 2.05) is 34.1 Å². The van der Waals surface area contributed by atoms with Crippen molar-refractivity contribution < 1.29 is 33.0 Å². The number of benzene rings is 2. The predicted octanol–water partition coefficient (Wildman–Crippen LogP) is 12.6. The number of ether oxygens (including phenoxy) is 2. The Morgan fingerprint density at radius 3 is 1.35 bits per heavy atom. The van der Waals surface area contributed by atoms with Crippen LogP contribution < -0.4 is 0 Å². The normalized spacial score (nSPS) is 29.2. The van der Waals surface area contributed by atoms with Gasteiger partial charge in [0, 0.05) is 68.2 Å². The Kier molecular flexibility index (Phi) is 18.6. The summed E-state index contributed by atoms with van der Waals surface area (Å²) in [6.07, 6.45) is 19.8. The zero-order valence-electron chi connectivity index (χ0n) is 48.9. The fourth-order valence-electron chi connectivity index (χ4n) is 16.3. The molecule has 0 spiro atoms. The van der Waals surface area contributed by atoms with Crippen LogP contribution in [0.2, 0.25) is 5.02 Å². The number of rotatable bonds is 14. The van der Waals surface area contributed by atoms with Crippen LogP contribution >= 0.6 is 11.6 Å². The van der Waals surface area contributed by atoms with Gasteiger partial charge >= 0.3 is 12.2 Å². The second kappa shape index (κ2) is 24.6. The van der Waals surface area contributed by atoms with E-state index in [0.717, 1.165) is 114 Å². The molecule has 0 bridgehead atoms. The molecule has 12 nitrogen and oxygen atoms in total. The Morgan fingerprint density at radius 1 is 0.590 bits per heavy atom. The predicted molar refractivity (Wildman–Crippen MR) is 307 cm³/mol. The number of nitrogens with zero attached hydrogens (tertiary/aromatic N) is 6. The van der Waals surface area contributed by atoms with Gasteiger partial charge in [-0.3, -0.25) is 19.4 Å². The molecule has 432 valence electrons. The minimum Gasteiger partial charge on any atom is -0.447 e. The van der Waals surface area contributed by atoms with Crippen LogP contribution in [-0.2, 0) is 19.1 Å². The molecule has 2 aromatic carbocycles. The number of carbonyl (C=O) groups excluding carboxylic acids is 4. The summed E-state index contributed by atoms with van der Waals surface area (Å²) in [5.74, 6) is 1.81. The first kappa shape index (κ1) is 58.7. The van der Waals surface area contributed by atoms with Crippen LogP contribution in [0.25, 0.3) is 0 Å². The summed E-state index contributed by atoms with van der Waals surface area (Å²) < 4.78 is 24.7. The molecule has 2 aromatic rings. The monoisotopic (exact) mass is 1100 g/mol. The summed E-state index contributed by atoms with van der Waals surface area (Å²) in [6.45, 7) is 20.2. The summed E-state index contributed by atoms with van der Waals surface area (Å²) in [5.41, 5.74) is 1.83. The van der Waals surface area contributed by atoms with Gasteiger partial charge in [0.15, 0.2) is 0 Å². The number of cyclic esters (lactones) is 2. The van der Waals surface area contributed by atoms with Crippen molar-refractivity contribution in [1.29, 1.82) is 0 Å². The van der Waals surface area contributed by atoms with Gasteiger partial charge in [-0.15, -0.1) is 0 Å². The lowest BCUT2D eigenvalue weighted by atomic mass is 9.63. The summed E-state index contributed by atoms with van der Waals surface area (Å²) >= 11 is 6.18. The molecule has 14 heteroatoms. The Hall–Kier alpha value is -3.94. The standard InChI is InChI=1S/C33H50FN3O3.C31H46ClN3O3/c1-5-35(6-2)27-20-28(24-12-14-26(34)15-13-24)29(21-27)30(38)36-18-16-33(17-19-36,25-10-8-7-9-11-25)22-37-31(39)40-23-32(37,3)4;1-30(2)21-38-29(37)35(30)20-31(23-8-6-5-7-9-23)14-16-34(17-15-31)28(36)27-19-25(33(3)4)18-26(27)22-10-12-24(32)13-11-22/h12-15,25,27-29H,5-11,16-23H2,1-4H3;10-13,23,25-27H,5-9,14-21H2,1-4H3/t27-,28+,29?;25-,26+,27?/m11/s1. The Balaban J connectivity index is 0.000000190. The van der Waals surface area contributed by atoms with E-state index < -0.39 is 0 Å². The fraction of sp³-hybridized carbons (Fsp3) is 0.750. The molecular formula is C64H96ClFN6O6. The number of amides is 4. The van der Waals surface area contributed by atoms with Gasteiger partial charge in [0.25, 0.3) is 0 Å². The van der Waals surface area contributed by atoms with Crippen LogP contribution in [0.4, 0.5) is 14.0 Å². The lowest BCUT2D eigenvalue weighted by Crippen LogP contribution is -2.55. The zero-order valence-corrected chi connectivity index (χ0v) is 49.7. The number of piperidine rings is 2. The van der Waals surface area contributed by atoms with Gasteiger partial charge in [0.05, 0.1) is 11.1 Å². The van der Waals surface area contributed by atoms with E-state index in [1.54, 1.807) is 0 Å². The van der Waals surface area contributed by atoms with E-state index in [1.165, 1.54) is 81.9 Å². The van der Waals surface area contributed by atoms with Crippen molar-refractivity contribution in [3.05, 3.63) is 70.5 Å². The van der Waals surface area contributed by atoms with Gasteiger partial charge in [-0.1, -0.05) is 88.2 Å². The average Bonchev–Trinajstić information content (AvgIpc) is 4.33. The number of carbonyl (C=O) groups is 4. The highest BCUT2D eigenvalue weighted by Gasteiger charge is 2.53. The van der Waals surface area contributed by atoms with Crippen molar-refractivity contribution in [2.75, 3.05) is 79.7 Å². The second-order valence-corrected chi connectivity index (χ2v) is 27.4. The number of hydrogen-bond donors (Lipinski definition) is 0. The highest BCUT2D eigenvalue weighted by molar-refractivity contribution is 6.30. The second-order valence-electron chi connectivity index (χ2n) is 26.9. The third-order valence-corrected chi connectivity index (χ3v) is 21.6. The number of halogens is 2. The minimum atomic E-state index is -0.294. The molecule has 4 saturated heterocycles. The average molecular weight is 1100 g/mol. The van der Waals surface area contributed by atoms with Crippen molar-refractivity contribution in [2.45, 2.75) is 192 Å². The van der Waals surface area contributed by atoms with Crippen LogP contribution in [0.5, 0.6) is 0 Å². The van der Waals surface area contributed by atoms with Crippen LogP contribution in [-0.4, -0.2) is 156 Å². The van der Waals surface area contributed by atoms with Crippen LogP contribution in [0.3, 0.4) is 0 Å². The summed E-state index contributed by atoms with van der Waals surface area (Å²) in [6, 6.07) is 15.7. The van der Waals surface area contributed by atoms with Gasteiger partial charge in [-0.2, -0.15) is 0 Å². The number of hydrogen-bond acceptors (Lipinski definition) is 8. The summed E-state index contributed by atoms with van der Waals surface area (Å²) in [4.78, 5) is 66.9. The molecule has 4 amide bonds. The van der Waals surface area contributed by atoms with Gasteiger partial charge in [-0.25, -0.2) is 14.0 Å². The molecule has 8 fully saturated rings. The molecule has 10 rings (SSSR count). The first-order valence-electron chi connectivity index (χ1n) is 30.6. The first-order chi connectivity index (χ1) is 37.3. The maximum absolute atomic E-state index is 14.2. The van der Waals surface area contributed by atoms with Crippen LogP contribution in [0, 0.1) is 40.3 Å². The van der Waals surface area contributed by atoms with E-state index in [-0.39, 0.29) is 69.5 Å². The van der Waals surface area contributed by atoms with Crippen molar-refractivity contribution in [3.8, 4) is 0 Å². The highest BCUT2D eigenvalue weighted by Crippen LogP contribution is 2.52. The Labute approximate surface area is 472 Å². The largest absolute Gasteiger partial charge is 0.447 e. The molecule has 6 atom stereocenters. The fourth-order valence-corrected chi connectivity index (χ4v) is 16.4. The van der Waals surface area contributed by atoms with Gasteiger partial charge < -0.3 is 29.1 Å². The highest BCUT2D eigenvalue weighted by atomic mass is 35.5. The van der Waals surface area contributed by atoms with E-state index in [0.29, 0.717) is 43.0 Å². The zero-order chi connectivity index (χ0) is 55.6. The van der Waals surface area contributed by atoms with Gasteiger partial charge in [0.2, 0.25) is 11.8 Å². The molecule has 0 aromatic heterocycles. The Morgan fingerprint density at radius 2 is 0.974 bits per heavy atom. The molecule has 4 aliphatic carbocycles. The summed E-state index contributed by atoms with van der Waals surface area (Å²) in [5, 5.41) is 0.735. The lowest BCUT2D eigenvalue weighted by Gasteiger charge is -2.51. The molecule has 0 N–H and O–H groups in total. The smallest absolute Gasteiger partial charge is 0.410 e. The van der Waals surface area contributed by atoms with Crippen LogP contribution in [0.15, 0.2) is 48.5 Å². The third kappa shape index (κ3) is 12.6. The molecule has 4 aliphatic heterocycles. The summed E-state index contributed by atoms with van der Waals surface area (Å²) in [7, 11) is 4.25. The van der Waals surface area contributed by atoms with Gasteiger partial charge in [-0.05, 0) is 202 Å². The van der Waals surface area contributed by atoms with E-state index >= 15 is 0 Å². The van der Waals surface area contributed by atoms with Crippen molar-refractivity contribution in [1.82, 2.24) is 29.4 Å². The van der Waals surface area contributed by atoms with Crippen LogP contribution in [0.1, 0.15) is 180 Å². The van der Waals surface area contributed by atoms with Crippen molar-refractivity contribution in [3.63, 3.8) is 0 Å². The Bertz CT molecular complexity index is 2350. The molecule has 8 aliphatic rings. The van der Waals surface area contributed by atoms with Crippen molar-refractivity contribution in [2.24, 2.45) is 34.5 Å². The molecule has 4 heterocycles. The third-order valence-electron chi connectivity index (χ3n) is 21.4. The molecule has 2 unspecified atom stereocenters. The minimum absolute atomic E-state index is 0.00162. The van der Waals surface area contributed by atoms with Crippen molar-refractivity contribution >= 4 is 35.6 Å². The van der Waals surface area contributed by atoms with E-state index in [2.05, 4.69) is 87.4 Å². The topological polar surface area (TPSA) is 106 Å². The van der Waals surface area contributed by atoms with E-state index in [4.69, 9.17) is 21.1 Å². The van der Waals surface area contributed by atoms with E-state index in [9.17, 15) is 23.6 Å². The maximum Gasteiger partial charge on any atom is 0.410 e. The molecule has 78 heavy (non-hydrogen) atoms. The lowest BCUT2D eigenvalue weighted by molar-refractivity contribution is -0.140. The quantitative estimate of drug-likeness (QED) is 0.184. The molecule has 4 saturated carbocycles. The number of likely N-dealkylation sites (tertiary alicyclic amines) is 2. The maximum atomic E-state index is 14.2. The molecular weight excluding hydrogens is 1000 g/mol. The molecule has 0 radical (unpaired) electrons. The van der Waals surface area contributed by atoms with Gasteiger partial charge in [0.1, 0.15) is 19.0 Å². The SMILES string of the molecule is CCN(CC)[C@H]1CC(C(=O)N2CCC(CN3C(=O)OCC3(C)C)(C3CCCCC3)CC2)[C@H](c2ccc(F)cc2)C1.CN(C)[C@H]1CC(C(=O)N2CCC(CN3C(=O)OCC3(C)C)(C3CCCCC3)CC2)[C@H](c2ccc(Cl)cc2)C1.